The summed E-state index contributed by atoms with van der Waals surface area (Å²) in [5.41, 5.74) is 0.541. The Hall–Kier alpha value is -3.25. The normalized spacial score (nSPS) is 25.9. The molecule has 1 aliphatic heterocycles. The molecule has 0 radical (unpaired) electrons. The second-order valence-corrected chi connectivity index (χ2v) is 9.18. The fraction of sp³-hybridized carbons (Fsp3) is 0.308. The Morgan fingerprint density at radius 3 is 2.12 bits per heavy atom. The molecule has 168 valence electrons. The first-order valence-corrected chi connectivity index (χ1v) is 11.5. The molecule has 0 spiro atoms. The third kappa shape index (κ3) is 3.32. The number of imide groups is 1. The van der Waals surface area contributed by atoms with E-state index in [1.165, 1.54) is 6.07 Å². The maximum absolute atomic E-state index is 13.8. The Bertz CT molecular complexity index is 1150. The van der Waals surface area contributed by atoms with E-state index in [-0.39, 0.29) is 34.6 Å². The number of ketones is 1. The minimum atomic E-state index is -1.03. The predicted octanol–water partition coefficient (Wildman–Crippen LogP) is 4.17. The van der Waals surface area contributed by atoms with Crippen LogP contribution in [0.2, 0.25) is 5.02 Å². The summed E-state index contributed by atoms with van der Waals surface area (Å²) in [7, 11) is 0. The van der Waals surface area contributed by atoms with Gasteiger partial charge < -0.3 is 0 Å². The first-order valence-electron chi connectivity index (χ1n) is 11.2. The number of hydrogen-bond donors (Lipinski definition) is 0. The Morgan fingerprint density at radius 2 is 1.55 bits per heavy atom. The smallest absolute Gasteiger partial charge is 0.275 e. The van der Waals surface area contributed by atoms with E-state index in [0.29, 0.717) is 5.56 Å². The second-order valence-electron chi connectivity index (χ2n) is 8.77. The van der Waals surface area contributed by atoms with E-state index >= 15 is 0 Å². The molecule has 2 aromatic rings. The number of carbonyl (C=O) groups excluding carboxylic acids is 4. The molecule has 0 N–H and O–H groups in total. The van der Waals surface area contributed by atoms with Gasteiger partial charge in [0.2, 0.25) is 0 Å². The van der Waals surface area contributed by atoms with Crippen molar-refractivity contribution in [3.05, 3.63) is 82.9 Å². The molecule has 2 bridgehead atoms. The molecule has 1 heterocycles. The zero-order valence-corrected chi connectivity index (χ0v) is 18.8. The van der Waals surface area contributed by atoms with Gasteiger partial charge in [0, 0.05) is 5.56 Å². The van der Waals surface area contributed by atoms with Crippen molar-refractivity contribution in [3.63, 3.8) is 0 Å². The molecule has 2 aliphatic carbocycles. The van der Waals surface area contributed by atoms with Gasteiger partial charge in [0.15, 0.2) is 5.78 Å². The summed E-state index contributed by atoms with van der Waals surface area (Å²) in [6.07, 6.45) is 4.99. The molecule has 7 heteroatoms. The lowest BCUT2D eigenvalue weighted by atomic mass is 9.85. The Balaban J connectivity index is 1.60. The Kier molecular flexibility index (Phi) is 5.41. The van der Waals surface area contributed by atoms with Crippen LogP contribution in [0.3, 0.4) is 0 Å². The molecule has 5 atom stereocenters. The van der Waals surface area contributed by atoms with Gasteiger partial charge in [-0.1, -0.05) is 73.1 Å². The zero-order valence-electron chi connectivity index (χ0n) is 18.1. The van der Waals surface area contributed by atoms with Crippen LogP contribution in [0.4, 0.5) is 0 Å². The van der Waals surface area contributed by atoms with Crippen LogP contribution in [0.25, 0.3) is 0 Å². The number of fused-ring (bicyclic) bond motifs is 5. The van der Waals surface area contributed by atoms with Crippen LogP contribution in [0.15, 0.2) is 66.7 Å². The first kappa shape index (κ1) is 21.6. The van der Waals surface area contributed by atoms with Crippen molar-refractivity contribution in [3.8, 4) is 0 Å². The van der Waals surface area contributed by atoms with E-state index in [1.807, 2.05) is 12.2 Å². The van der Waals surface area contributed by atoms with Crippen molar-refractivity contribution in [2.24, 2.45) is 23.7 Å². The van der Waals surface area contributed by atoms with Crippen molar-refractivity contribution >= 4 is 35.1 Å². The summed E-state index contributed by atoms with van der Waals surface area (Å²) in [6, 6.07) is 14.0. The fourth-order valence-electron chi connectivity index (χ4n) is 5.49. The van der Waals surface area contributed by atoms with Crippen LogP contribution in [0.1, 0.15) is 40.5 Å². The molecule has 3 amide bonds. The molecule has 3 aliphatic rings. The number of Topliss-reactive ketones (excluding diaryl/α,β-unsaturated/α-hetero) is 1. The van der Waals surface area contributed by atoms with Gasteiger partial charge in [-0.3, -0.25) is 19.2 Å². The van der Waals surface area contributed by atoms with Crippen LogP contribution in [0.5, 0.6) is 0 Å². The average molecular weight is 463 g/mol. The van der Waals surface area contributed by atoms with Crippen molar-refractivity contribution in [1.82, 2.24) is 10.0 Å². The van der Waals surface area contributed by atoms with Crippen molar-refractivity contribution in [1.29, 1.82) is 0 Å². The topological polar surface area (TPSA) is 74.8 Å². The summed E-state index contributed by atoms with van der Waals surface area (Å²) in [4.78, 5) is 54.4. The Labute approximate surface area is 196 Å². The number of benzene rings is 2. The monoisotopic (exact) mass is 462 g/mol. The highest BCUT2D eigenvalue weighted by Gasteiger charge is 2.62. The number of rotatable bonds is 6. The zero-order chi connectivity index (χ0) is 23.3. The number of halogens is 1. The molecular weight excluding hydrogens is 440 g/mol. The summed E-state index contributed by atoms with van der Waals surface area (Å²) < 4.78 is 0. The quantitative estimate of drug-likeness (QED) is 0.367. The second kappa shape index (κ2) is 8.27. The van der Waals surface area contributed by atoms with E-state index in [1.54, 1.807) is 55.5 Å². The largest absolute Gasteiger partial charge is 0.292 e. The minimum Gasteiger partial charge on any atom is -0.292 e. The predicted molar refractivity (Wildman–Crippen MR) is 122 cm³/mol. The molecule has 5 rings (SSSR count). The number of hydrogen-bond acceptors (Lipinski definition) is 4. The highest BCUT2D eigenvalue weighted by Crippen LogP contribution is 2.53. The van der Waals surface area contributed by atoms with Crippen LogP contribution in [-0.4, -0.2) is 39.6 Å². The number of allylic oxidation sites excluding steroid dienone is 2. The van der Waals surface area contributed by atoms with Crippen LogP contribution < -0.4 is 0 Å². The number of hydrazine groups is 1. The van der Waals surface area contributed by atoms with Gasteiger partial charge in [-0.2, -0.15) is 5.01 Å². The van der Waals surface area contributed by atoms with Crippen LogP contribution >= 0.6 is 11.6 Å². The van der Waals surface area contributed by atoms with Gasteiger partial charge in [-0.25, -0.2) is 5.01 Å². The van der Waals surface area contributed by atoms with Gasteiger partial charge >= 0.3 is 0 Å². The molecule has 2 aromatic carbocycles. The SMILES string of the molecule is CC[C@H](C(=O)c1ccccc1)N(C(=O)c1ccccc1Cl)N1C(=O)[C@@H]2[C@@H](C1=O)[C@H]1C=C[C@H]2C1. The van der Waals surface area contributed by atoms with Gasteiger partial charge in [0.1, 0.15) is 6.04 Å². The summed E-state index contributed by atoms with van der Waals surface area (Å²) in [5, 5.41) is 2.21. The summed E-state index contributed by atoms with van der Waals surface area (Å²) >= 11 is 6.31. The van der Waals surface area contributed by atoms with Crippen molar-refractivity contribution in [2.45, 2.75) is 25.8 Å². The number of nitrogens with zero attached hydrogens (tertiary/aromatic N) is 2. The van der Waals surface area contributed by atoms with Gasteiger partial charge in [-0.15, -0.1) is 0 Å². The van der Waals surface area contributed by atoms with Crippen LogP contribution in [-0.2, 0) is 9.59 Å². The summed E-state index contributed by atoms with van der Waals surface area (Å²) in [5.74, 6) is -2.80. The first-order chi connectivity index (χ1) is 15.9. The third-order valence-electron chi connectivity index (χ3n) is 7.02. The van der Waals surface area contributed by atoms with Crippen molar-refractivity contribution in [2.75, 3.05) is 0 Å². The molecule has 0 aromatic heterocycles. The highest BCUT2D eigenvalue weighted by atomic mass is 35.5. The van der Waals surface area contributed by atoms with Gasteiger partial charge in [-0.05, 0) is 36.8 Å². The fourth-order valence-corrected chi connectivity index (χ4v) is 5.71. The maximum Gasteiger partial charge on any atom is 0.275 e. The van der Waals surface area contributed by atoms with E-state index in [4.69, 9.17) is 11.6 Å². The molecule has 0 unspecified atom stereocenters. The van der Waals surface area contributed by atoms with E-state index in [0.717, 1.165) is 16.4 Å². The number of amides is 3. The van der Waals surface area contributed by atoms with E-state index in [2.05, 4.69) is 0 Å². The average Bonchev–Trinajstić information content (AvgIpc) is 3.52. The maximum atomic E-state index is 13.8. The molecule has 2 fully saturated rings. The Morgan fingerprint density at radius 1 is 0.970 bits per heavy atom. The molecule has 33 heavy (non-hydrogen) atoms. The molecule has 1 saturated heterocycles. The summed E-state index contributed by atoms with van der Waals surface area (Å²) in [6.45, 7) is 1.76. The minimum absolute atomic E-state index is 0.0105. The van der Waals surface area contributed by atoms with E-state index in [9.17, 15) is 19.2 Å². The lowest BCUT2D eigenvalue weighted by molar-refractivity contribution is -0.157. The number of carbonyl (C=O) groups is 4. The lowest BCUT2D eigenvalue weighted by Crippen LogP contribution is -2.57. The highest BCUT2D eigenvalue weighted by molar-refractivity contribution is 6.34. The van der Waals surface area contributed by atoms with Crippen molar-refractivity contribution < 1.29 is 19.2 Å². The lowest BCUT2D eigenvalue weighted by Gasteiger charge is -2.36. The third-order valence-corrected chi connectivity index (χ3v) is 7.35. The van der Waals surface area contributed by atoms with Crippen LogP contribution in [0, 0.1) is 23.7 Å². The van der Waals surface area contributed by atoms with Gasteiger partial charge in [0.05, 0.1) is 22.4 Å². The standard InChI is InChI=1S/C26H23ClN2O4/c1-2-20(23(30)15-8-4-3-5-9-15)28(24(31)18-10-6-7-11-19(18)27)29-25(32)21-16-12-13-17(14-16)22(21)26(29)33/h3-13,16-17,20-22H,2,14H2,1H3/t16-,17-,20+,21-,22-/m0/s1. The van der Waals surface area contributed by atoms with E-state index < -0.39 is 35.6 Å². The molecule has 6 nitrogen and oxygen atoms in total. The molecular formula is C26H23ClN2O4. The van der Waals surface area contributed by atoms with Gasteiger partial charge in [0.25, 0.3) is 17.7 Å². The molecule has 1 saturated carbocycles.